The number of carbonyl (C=O) groups excluding carboxylic acids is 2. The fourth-order valence-electron chi connectivity index (χ4n) is 2.00. The predicted octanol–water partition coefficient (Wildman–Crippen LogP) is 3.79. The smallest absolute Gasteiger partial charge is 0.408 e. The molecular weight excluding hydrogens is 335 g/mol. The average molecular weight is 359 g/mol. The monoisotopic (exact) mass is 358 g/mol. The zero-order valence-electron chi connectivity index (χ0n) is 14.4. The first-order valence-corrected chi connectivity index (χ1v) is 8.22. The van der Waals surface area contributed by atoms with Gasteiger partial charge in [-0.25, -0.2) is 9.18 Å². The standard InChI is InChI=1S/C17H24ClFN2O3/c1-5-7-13(21-16(23)24-17(2,3)4)15(22)20-10-11-8-6-9-12(18)14(11)19/h6,8-9,13H,5,7,10H2,1-4H3,(H,20,22)(H,21,23)/t13-/m0/s1. The highest BCUT2D eigenvalue weighted by Gasteiger charge is 2.23. The van der Waals surface area contributed by atoms with Crippen molar-refractivity contribution in [3.63, 3.8) is 0 Å². The van der Waals surface area contributed by atoms with Crippen molar-refractivity contribution >= 4 is 23.6 Å². The van der Waals surface area contributed by atoms with Crippen LogP contribution >= 0.6 is 11.6 Å². The van der Waals surface area contributed by atoms with Crippen molar-refractivity contribution in [3.05, 3.63) is 34.6 Å². The summed E-state index contributed by atoms with van der Waals surface area (Å²) in [5.74, 6) is -0.964. The third kappa shape index (κ3) is 6.74. The Morgan fingerprint density at radius 1 is 1.33 bits per heavy atom. The lowest BCUT2D eigenvalue weighted by atomic mass is 10.1. The minimum absolute atomic E-state index is 0.00117. The van der Waals surface area contributed by atoms with Crippen molar-refractivity contribution in [2.45, 2.75) is 58.7 Å². The van der Waals surface area contributed by atoms with Gasteiger partial charge in [-0.15, -0.1) is 0 Å². The largest absolute Gasteiger partial charge is 0.444 e. The SMILES string of the molecule is CCC[C@H](NC(=O)OC(C)(C)C)C(=O)NCc1cccc(Cl)c1F. The second-order valence-corrected chi connectivity index (χ2v) is 6.83. The number of carbonyl (C=O) groups is 2. The van der Waals surface area contributed by atoms with Gasteiger partial charge in [0.25, 0.3) is 0 Å². The van der Waals surface area contributed by atoms with Gasteiger partial charge in [0, 0.05) is 12.1 Å². The summed E-state index contributed by atoms with van der Waals surface area (Å²) >= 11 is 5.71. The number of ether oxygens (including phenoxy) is 1. The molecule has 134 valence electrons. The number of hydrogen-bond acceptors (Lipinski definition) is 3. The molecule has 0 bridgehead atoms. The summed E-state index contributed by atoms with van der Waals surface area (Å²) in [6.07, 6.45) is 0.479. The number of alkyl carbamates (subject to hydrolysis) is 1. The number of amides is 2. The molecule has 1 aromatic rings. The molecule has 0 aliphatic rings. The van der Waals surface area contributed by atoms with Crippen LogP contribution < -0.4 is 10.6 Å². The molecule has 0 radical (unpaired) electrons. The second-order valence-electron chi connectivity index (χ2n) is 6.42. The van der Waals surface area contributed by atoms with Gasteiger partial charge in [-0.05, 0) is 33.3 Å². The van der Waals surface area contributed by atoms with E-state index in [1.807, 2.05) is 6.92 Å². The topological polar surface area (TPSA) is 67.4 Å². The molecule has 5 nitrogen and oxygen atoms in total. The maximum atomic E-state index is 13.8. The zero-order valence-corrected chi connectivity index (χ0v) is 15.2. The maximum absolute atomic E-state index is 13.8. The van der Waals surface area contributed by atoms with E-state index in [-0.39, 0.29) is 17.1 Å². The van der Waals surface area contributed by atoms with Gasteiger partial charge in [-0.2, -0.15) is 0 Å². The molecular formula is C17H24ClFN2O3. The Labute approximate surface area is 146 Å². The van der Waals surface area contributed by atoms with E-state index in [9.17, 15) is 14.0 Å². The molecule has 0 aliphatic carbocycles. The van der Waals surface area contributed by atoms with Crippen molar-refractivity contribution < 1.29 is 18.7 Å². The molecule has 7 heteroatoms. The Bertz CT molecular complexity index is 588. The molecule has 2 amide bonds. The zero-order chi connectivity index (χ0) is 18.3. The van der Waals surface area contributed by atoms with E-state index in [0.717, 1.165) is 0 Å². The fourth-order valence-corrected chi connectivity index (χ4v) is 2.19. The third-order valence-corrected chi connectivity index (χ3v) is 3.36. The van der Waals surface area contributed by atoms with Gasteiger partial charge in [0.2, 0.25) is 5.91 Å². The van der Waals surface area contributed by atoms with Gasteiger partial charge >= 0.3 is 6.09 Å². The van der Waals surface area contributed by atoms with Crippen LogP contribution in [0, 0.1) is 5.82 Å². The first kappa shape index (κ1) is 20.2. The van der Waals surface area contributed by atoms with Crippen LogP contribution in [0.5, 0.6) is 0 Å². The summed E-state index contributed by atoms with van der Waals surface area (Å²) in [7, 11) is 0. The summed E-state index contributed by atoms with van der Waals surface area (Å²) in [5.41, 5.74) is -0.371. The molecule has 0 fully saturated rings. The number of halogens is 2. The van der Waals surface area contributed by atoms with E-state index in [2.05, 4.69) is 10.6 Å². The highest BCUT2D eigenvalue weighted by atomic mass is 35.5. The minimum atomic E-state index is -0.743. The molecule has 0 saturated carbocycles. The number of hydrogen-bond donors (Lipinski definition) is 2. The van der Waals surface area contributed by atoms with Gasteiger partial charge in [0.05, 0.1) is 5.02 Å². The molecule has 0 unspecified atom stereocenters. The van der Waals surface area contributed by atoms with Crippen LogP contribution in [0.25, 0.3) is 0 Å². The molecule has 0 saturated heterocycles. The maximum Gasteiger partial charge on any atom is 0.408 e. The predicted molar refractivity (Wildman–Crippen MR) is 91.3 cm³/mol. The summed E-state index contributed by atoms with van der Waals surface area (Å²) in [5, 5.41) is 5.15. The van der Waals surface area contributed by atoms with E-state index < -0.39 is 29.5 Å². The second kappa shape index (κ2) is 8.87. The van der Waals surface area contributed by atoms with Crippen LogP contribution in [0.3, 0.4) is 0 Å². The molecule has 0 heterocycles. The van der Waals surface area contributed by atoms with Crippen LogP contribution in [-0.4, -0.2) is 23.6 Å². The van der Waals surface area contributed by atoms with Crippen LogP contribution in [0.15, 0.2) is 18.2 Å². The first-order valence-electron chi connectivity index (χ1n) is 7.84. The van der Waals surface area contributed by atoms with Gasteiger partial charge < -0.3 is 15.4 Å². The highest BCUT2D eigenvalue weighted by Crippen LogP contribution is 2.17. The Morgan fingerprint density at radius 3 is 2.58 bits per heavy atom. The molecule has 24 heavy (non-hydrogen) atoms. The summed E-state index contributed by atoms with van der Waals surface area (Å²) in [4.78, 5) is 24.1. The lowest BCUT2D eigenvalue weighted by Gasteiger charge is -2.23. The van der Waals surface area contributed by atoms with E-state index in [4.69, 9.17) is 16.3 Å². The lowest BCUT2D eigenvalue weighted by Crippen LogP contribution is -2.48. The van der Waals surface area contributed by atoms with E-state index >= 15 is 0 Å². The number of rotatable bonds is 6. The van der Waals surface area contributed by atoms with E-state index in [1.165, 1.54) is 12.1 Å². The fraction of sp³-hybridized carbons (Fsp3) is 0.529. The molecule has 0 spiro atoms. The van der Waals surface area contributed by atoms with Crippen molar-refractivity contribution in [1.82, 2.24) is 10.6 Å². The van der Waals surface area contributed by atoms with E-state index in [1.54, 1.807) is 26.8 Å². The van der Waals surface area contributed by atoms with Crippen LogP contribution in [0.4, 0.5) is 9.18 Å². The summed E-state index contributed by atoms with van der Waals surface area (Å²) in [6.45, 7) is 7.10. The van der Waals surface area contributed by atoms with Crippen LogP contribution in [0.2, 0.25) is 5.02 Å². The molecule has 1 aromatic carbocycles. The average Bonchev–Trinajstić information content (AvgIpc) is 2.46. The summed E-state index contributed by atoms with van der Waals surface area (Å²) < 4.78 is 19.0. The quantitative estimate of drug-likeness (QED) is 0.813. The number of nitrogens with one attached hydrogen (secondary N) is 2. The normalized spacial score (nSPS) is 12.4. The van der Waals surface area contributed by atoms with Crippen molar-refractivity contribution in [2.75, 3.05) is 0 Å². The molecule has 2 N–H and O–H groups in total. The number of benzene rings is 1. The van der Waals surface area contributed by atoms with Crippen molar-refractivity contribution in [3.8, 4) is 0 Å². The van der Waals surface area contributed by atoms with Gasteiger partial charge in [0.1, 0.15) is 17.5 Å². The van der Waals surface area contributed by atoms with Crippen LogP contribution in [-0.2, 0) is 16.1 Å². The van der Waals surface area contributed by atoms with Gasteiger partial charge in [-0.1, -0.05) is 37.1 Å². The Kier molecular flexibility index (Phi) is 7.48. The molecule has 1 rings (SSSR count). The first-order chi connectivity index (χ1) is 11.1. The van der Waals surface area contributed by atoms with Gasteiger partial charge in [0.15, 0.2) is 0 Å². The Balaban J connectivity index is 2.66. The Morgan fingerprint density at radius 2 is 2.00 bits per heavy atom. The minimum Gasteiger partial charge on any atom is -0.444 e. The molecule has 0 aliphatic heterocycles. The van der Waals surface area contributed by atoms with Gasteiger partial charge in [-0.3, -0.25) is 4.79 Å². The summed E-state index contributed by atoms with van der Waals surface area (Å²) in [6, 6.07) is 3.84. The Hall–Kier alpha value is -1.82. The van der Waals surface area contributed by atoms with Crippen molar-refractivity contribution in [1.29, 1.82) is 0 Å². The highest BCUT2D eigenvalue weighted by molar-refractivity contribution is 6.30. The van der Waals surface area contributed by atoms with Crippen LogP contribution in [0.1, 0.15) is 46.1 Å². The lowest BCUT2D eigenvalue weighted by molar-refractivity contribution is -0.123. The van der Waals surface area contributed by atoms with E-state index in [0.29, 0.717) is 12.8 Å². The third-order valence-electron chi connectivity index (χ3n) is 3.07. The van der Waals surface area contributed by atoms with Crippen molar-refractivity contribution in [2.24, 2.45) is 0 Å². The molecule has 1 atom stereocenters. The molecule has 0 aromatic heterocycles.